The molecule has 0 rings (SSSR count). The minimum Gasteiger partial charge on any atom is -0.426 e. The van der Waals surface area contributed by atoms with Gasteiger partial charge in [0.05, 0.1) is 5.94 Å². The average Bonchev–Trinajstić information content (AvgIpc) is 2.55. The number of guanidine groups is 1. The van der Waals surface area contributed by atoms with E-state index < -0.39 is 35.9 Å². The molecule has 0 aromatic heterocycles. The van der Waals surface area contributed by atoms with Crippen LogP contribution in [0.5, 0.6) is 0 Å². The lowest BCUT2D eigenvalue weighted by molar-refractivity contribution is -0.525. The van der Waals surface area contributed by atoms with E-state index >= 15 is 0 Å². The summed E-state index contributed by atoms with van der Waals surface area (Å²) in [5, 5.41) is 33.4. The van der Waals surface area contributed by atoms with Gasteiger partial charge < -0.3 is 26.4 Å². The van der Waals surface area contributed by atoms with E-state index in [0.717, 1.165) is 0 Å². The zero-order chi connectivity index (χ0) is 21.7. The summed E-state index contributed by atoms with van der Waals surface area (Å²) in [7, 11) is -1.74. The molecule has 13 heteroatoms. The number of hydrogen-bond donors (Lipinski definition) is 6. The quantitative estimate of drug-likeness (QED) is 0.0432. The molecule has 0 bridgehead atoms. The van der Waals surface area contributed by atoms with Crippen LogP contribution < -0.4 is 21.8 Å². The van der Waals surface area contributed by atoms with Gasteiger partial charge in [0.15, 0.2) is 5.03 Å². The van der Waals surface area contributed by atoms with Gasteiger partial charge in [0.1, 0.15) is 6.04 Å². The second-order valence-corrected chi connectivity index (χ2v) is 6.50. The van der Waals surface area contributed by atoms with Crippen LogP contribution >= 0.6 is 0 Å². The summed E-state index contributed by atoms with van der Waals surface area (Å²) in [6.45, 7) is 5.48. The van der Waals surface area contributed by atoms with Crippen molar-refractivity contribution in [2.75, 3.05) is 6.54 Å². The van der Waals surface area contributed by atoms with Crippen molar-refractivity contribution in [3.63, 3.8) is 0 Å². The van der Waals surface area contributed by atoms with E-state index in [1.54, 1.807) is 12.3 Å². The van der Waals surface area contributed by atoms with Crippen LogP contribution in [0.1, 0.15) is 40.0 Å². The molecule has 0 aliphatic carbocycles. The second kappa shape index (κ2) is 13.5. The third-order valence-electron chi connectivity index (χ3n) is 3.50. The summed E-state index contributed by atoms with van der Waals surface area (Å²) in [6, 6.07) is -0.947. The van der Waals surface area contributed by atoms with Crippen LogP contribution in [-0.4, -0.2) is 58.5 Å². The van der Waals surface area contributed by atoms with Crippen molar-refractivity contribution in [3.05, 3.63) is 22.3 Å². The number of nitrogens with two attached hydrogens (primary N) is 1. The summed E-state index contributed by atoms with van der Waals surface area (Å²) in [5.74, 6) is -2.20. The number of hydrogen-bond acceptors (Lipinski definition) is 7. The van der Waals surface area contributed by atoms with E-state index in [1.807, 2.05) is 13.8 Å². The van der Waals surface area contributed by atoms with E-state index in [-0.39, 0.29) is 24.8 Å². The van der Waals surface area contributed by atoms with Crippen molar-refractivity contribution >= 4 is 24.9 Å². The Morgan fingerprint density at radius 3 is 2.46 bits per heavy atom. The Kier molecular flexibility index (Phi) is 12.2. The standard InChI is InChI=1S/C15H29BN6O6/c1-4-6-13(23)19-11(7-5-8-18-15(17)21-22(27)28)14(24)20-12(16(25)26)9-10(2)3/h4,6,10-12,25-26H,5,7-9H2,1-3H3,(H,19,23)(H,20,24)(H3,17,18,21)/b6-4+/t11-,12-/m0/s1. The predicted molar refractivity (Wildman–Crippen MR) is 104 cm³/mol. The zero-order valence-electron chi connectivity index (χ0n) is 16.3. The number of nitrogens with one attached hydrogen (secondary N) is 3. The van der Waals surface area contributed by atoms with Crippen LogP contribution in [0.25, 0.3) is 0 Å². The van der Waals surface area contributed by atoms with E-state index in [1.165, 1.54) is 12.2 Å². The van der Waals surface area contributed by atoms with Crippen LogP contribution in [0.2, 0.25) is 0 Å². The lowest BCUT2D eigenvalue weighted by Crippen LogP contribution is -2.54. The Morgan fingerprint density at radius 2 is 1.96 bits per heavy atom. The number of carbonyl (C=O) groups is 2. The van der Waals surface area contributed by atoms with Crippen LogP contribution in [-0.2, 0) is 9.59 Å². The van der Waals surface area contributed by atoms with Gasteiger partial charge in [-0.15, -0.1) is 0 Å². The van der Waals surface area contributed by atoms with Crippen LogP contribution in [0.4, 0.5) is 0 Å². The Bertz CT molecular complexity index is 583. The molecule has 0 fully saturated rings. The highest BCUT2D eigenvalue weighted by Crippen LogP contribution is 2.07. The molecule has 28 heavy (non-hydrogen) atoms. The Morgan fingerprint density at radius 1 is 1.32 bits per heavy atom. The van der Waals surface area contributed by atoms with Gasteiger partial charge in [-0.05, 0) is 38.2 Å². The maximum atomic E-state index is 12.5. The first-order chi connectivity index (χ1) is 13.1. The van der Waals surface area contributed by atoms with E-state index in [4.69, 9.17) is 5.73 Å². The fraction of sp³-hybridized carbons (Fsp3) is 0.667. The zero-order valence-corrected chi connectivity index (χ0v) is 16.3. The first-order valence-corrected chi connectivity index (χ1v) is 8.87. The molecule has 158 valence electrons. The van der Waals surface area contributed by atoms with Gasteiger partial charge in [-0.3, -0.25) is 9.59 Å². The normalized spacial score (nSPS) is 13.9. The molecule has 0 aliphatic rings. The molecule has 0 saturated carbocycles. The van der Waals surface area contributed by atoms with Crippen LogP contribution in [0.3, 0.4) is 0 Å². The first kappa shape index (κ1) is 25.3. The maximum Gasteiger partial charge on any atom is 0.475 e. The molecule has 0 heterocycles. The molecule has 0 radical (unpaired) electrons. The fourth-order valence-electron chi connectivity index (χ4n) is 2.31. The largest absolute Gasteiger partial charge is 0.475 e. The SMILES string of the molecule is C/C=C/C(=O)N[C@@H](CCCN=C(N)N[N+](=O)[O-])C(=O)N[C@@H](CC(C)C)B(O)O. The molecule has 12 nitrogen and oxygen atoms in total. The van der Waals surface area contributed by atoms with Crippen LogP contribution in [0, 0.1) is 16.0 Å². The van der Waals surface area contributed by atoms with E-state index in [9.17, 15) is 29.8 Å². The van der Waals surface area contributed by atoms with Gasteiger partial charge in [0, 0.05) is 6.54 Å². The van der Waals surface area contributed by atoms with Gasteiger partial charge in [0.2, 0.25) is 11.8 Å². The second-order valence-electron chi connectivity index (χ2n) is 6.50. The third kappa shape index (κ3) is 11.9. The van der Waals surface area contributed by atoms with Crippen molar-refractivity contribution in [3.8, 4) is 0 Å². The third-order valence-corrected chi connectivity index (χ3v) is 3.50. The first-order valence-electron chi connectivity index (χ1n) is 8.87. The minimum atomic E-state index is -1.74. The highest BCUT2D eigenvalue weighted by Gasteiger charge is 2.29. The van der Waals surface area contributed by atoms with Gasteiger partial charge in [-0.25, -0.2) is 15.1 Å². The van der Waals surface area contributed by atoms with Crippen molar-refractivity contribution in [2.24, 2.45) is 16.6 Å². The Balaban J connectivity index is 4.96. The van der Waals surface area contributed by atoms with Gasteiger partial charge in [-0.1, -0.05) is 25.3 Å². The molecule has 0 aromatic carbocycles. The van der Waals surface area contributed by atoms with E-state index in [0.29, 0.717) is 12.8 Å². The average molecular weight is 400 g/mol. The van der Waals surface area contributed by atoms with Crippen molar-refractivity contribution in [2.45, 2.75) is 52.0 Å². The van der Waals surface area contributed by atoms with Crippen molar-refractivity contribution in [1.82, 2.24) is 16.1 Å². The number of rotatable bonds is 12. The minimum absolute atomic E-state index is 0.0913. The lowest BCUT2D eigenvalue weighted by atomic mass is 9.75. The summed E-state index contributed by atoms with van der Waals surface area (Å²) in [4.78, 5) is 38.3. The summed E-state index contributed by atoms with van der Waals surface area (Å²) < 4.78 is 0. The molecule has 0 unspecified atom stereocenters. The number of carbonyl (C=O) groups excluding carboxylic acids is 2. The summed E-state index contributed by atoms with van der Waals surface area (Å²) >= 11 is 0. The predicted octanol–water partition coefficient (Wildman–Crippen LogP) is -1.53. The van der Waals surface area contributed by atoms with E-state index in [2.05, 4.69) is 15.6 Å². The van der Waals surface area contributed by atoms with Crippen molar-refractivity contribution in [1.29, 1.82) is 0 Å². The Labute approximate surface area is 163 Å². The molecule has 2 atom stereocenters. The van der Waals surface area contributed by atoms with Crippen LogP contribution in [0.15, 0.2) is 17.1 Å². The number of allylic oxidation sites excluding steroid dienone is 1. The molecule has 2 amide bonds. The highest BCUT2D eigenvalue weighted by molar-refractivity contribution is 6.43. The molecular formula is C15H29BN6O6. The van der Waals surface area contributed by atoms with Gasteiger partial charge in [-0.2, -0.15) is 0 Å². The molecule has 0 aromatic rings. The number of nitrogens with zero attached hydrogens (tertiary/aromatic N) is 2. The monoisotopic (exact) mass is 400 g/mol. The smallest absolute Gasteiger partial charge is 0.426 e. The van der Waals surface area contributed by atoms with Crippen molar-refractivity contribution < 1.29 is 24.7 Å². The molecule has 7 N–H and O–H groups in total. The lowest BCUT2D eigenvalue weighted by Gasteiger charge is -2.23. The molecule has 0 aliphatic heterocycles. The molecule has 0 saturated heterocycles. The number of amides is 2. The topological polar surface area (TPSA) is 192 Å². The van der Waals surface area contributed by atoms with Gasteiger partial charge >= 0.3 is 7.12 Å². The summed E-state index contributed by atoms with van der Waals surface area (Å²) in [6.07, 6.45) is 3.57. The Hall–Kier alpha value is -2.67. The fourth-order valence-corrected chi connectivity index (χ4v) is 2.31. The highest BCUT2D eigenvalue weighted by atomic mass is 16.7. The maximum absolute atomic E-state index is 12.5. The van der Waals surface area contributed by atoms with Gasteiger partial charge in [0.25, 0.3) is 5.96 Å². The number of hydrazine groups is 1. The molecule has 0 spiro atoms. The number of aliphatic imine (C=N–C) groups is 1. The summed E-state index contributed by atoms with van der Waals surface area (Å²) in [5.41, 5.74) is 7.00. The number of nitro groups is 1. The molecular weight excluding hydrogens is 371 g/mol.